The minimum absolute atomic E-state index is 0.200. The zero-order chi connectivity index (χ0) is 11.3. The molecule has 0 bridgehead atoms. The van der Waals surface area contributed by atoms with E-state index in [1.54, 1.807) is 0 Å². The highest BCUT2D eigenvalue weighted by Gasteiger charge is 2.31. The summed E-state index contributed by atoms with van der Waals surface area (Å²) in [6.45, 7) is 1.65. The second-order valence-corrected chi connectivity index (χ2v) is 3.90. The van der Waals surface area contributed by atoms with Crippen molar-refractivity contribution in [1.82, 2.24) is 0 Å². The number of alkyl halides is 1. The van der Waals surface area contributed by atoms with Crippen LogP contribution in [-0.4, -0.2) is 18.1 Å². The van der Waals surface area contributed by atoms with E-state index in [2.05, 4.69) is 0 Å². The van der Waals surface area contributed by atoms with Crippen LogP contribution in [0.1, 0.15) is 12.5 Å². The van der Waals surface area contributed by atoms with Gasteiger partial charge in [0.05, 0.1) is 0 Å². The summed E-state index contributed by atoms with van der Waals surface area (Å²) in [5, 5.41) is -1.41. The molecule has 0 aliphatic heterocycles. The first kappa shape index (κ1) is 12.0. The standard InChI is InChI=1S/C11H13ClO3/c1-11(12,14-2)10(13)15-8-9-6-4-3-5-7-9/h3-7H,8H2,1-2H3. The molecule has 82 valence electrons. The Morgan fingerprint density at radius 2 is 2.00 bits per heavy atom. The molecule has 0 N–H and O–H groups in total. The van der Waals surface area contributed by atoms with Crippen LogP contribution in [0.5, 0.6) is 0 Å². The van der Waals surface area contributed by atoms with Crippen molar-refractivity contribution in [3.8, 4) is 0 Å². The van der Waals surface area contributed by atoms with Crippen LogP contribution in [-0.2, 0) is 20.9 Å². The lowest BCUT2D eigenvalue weighted by molar-refractivity contribution is -0.159. The lowest BCUT2D eigenvalue weighted by Crippen LogP contribution is -2.32. The second kappa shape index (κ2) is 5.14. The van der Waals surface area contributed by atoms with Crippen LogP contribution in [0.4, 0.5) is 0 Å². The molecule has 0 aliphatic carbocycles. The van der Waals surface area contributed by atoms with E-state index in [0.29, 0.717) is 0 Å². The van der Waals surface area contributed by atoms with Gasteiger partial charge in [-0.2, -0.15) is 0 Å². The van der Waals surface area contributed by atoms with Crippen molar-refractivity contribution in [3.05, 3.63) is 35.9 Å². The predicted molar refractivity (Wildman–Crippen MR) is 57.5 cm³/mol. The number of halogens is 1. The molecule has 0 aliphatic rings. The Morgan fingerprint density at radius 3 is 2.53 bits per heavy atom. The maximum atomic E-state index is 11.4. The Kier molecular flexibility index (Phi) is 4.12. The Morgan fingerprint density at radius 1 is 1.40 bits per heavy atom. The number of rotatable bonds is 4. The van der Waals surface area contributed by atoms with Gasteiger partial charge in [-0.25, -0.2) is 4.79 Å². The van der Waals surface area contributed by atoms with Crippen LogP contribution in [0.3, 0.4) is 0 Å². The topological polar surface area (TPSA) is 35.5 Å². The third kappa shape index (κ3) is 3.53. The predicted octanol–water partition coefficient (Wildman–Crippen LogP) is 2.33. The van der Waals surface area contributed by atoms with E-state index in [0.717, 1.165) is 5.56 Å². The van der Waals surface area contributed by atoms with Crippen LogP contribution >= 0.6 is 11.6 Å². The summed E-state index contributed by atoms with van der Waals surface area (Å²) in [6, 6.07) is 9.38. The molecular formula is C11H13ClO3. The minimum atomic E-state index is -1.41. The molecule has 0 saturated carbocycles. The zero-order valence-corrected chi connectivity index (χ0v) is 9.45. The van der Waals surface area contributed by atoms with Gasteiger partial charge in [-0.1, -0.05) is 41.9 Å². The molecule has 3 nitrogen and oxygen atoms in total. The van der Waals surface area contributed by atoms with Crippen molar-refractivity contribution in [3.63, 3.8) is 0 Å². The van der Waals surface area contributed by atoms with Crippen molar-refractivity contribution in [2.45, 2.75) is 18.6 Å². The summed E-state index contributed by atoms with van der Waals surface area (Å²) >= 11 is 5.74. The number of methoxy groups -OCH3 is 1. The van der Waals surface area contributed by atoms with E-state index in [1.165, 1.54) is 14.0 Å². The average Bonchev–Trinajstić information content (AvgIpc) is 2.27. The van der Waals surface area contributed by atoms with E-state index in [4.69, 9.17) is 21.1 Å². The van der Waals surface area contributed by atoms with Crippen LogP contribution in [0.15, 0.2) is 30.3 Å². The maximum absolute atomic E-state index is 11.4. The fraction of sp³-hybridized carbons (Fsp3) is 0.364. The van der Waals surface area contributed by atoms with Crippen molar-refractivity contribution < 1.29 is 14.3 Å². The number of esters is 1. The van der Waals surface area contributed by atoms with Gasteiger partial charge in [-0.15, -0.1) is 0 Å². The normalized spacial score (nSPS) is 14.3. The summed E-state index contributed by atoms with van der Waals surface area (Å²) in [5.41, 5.74) is 0.911. The number of carbonyl (C=O) groups is 1. The molecule has 0 radical (unpaired) electrons. The molecule has 1 aromatic rings. The van der Waals surface area contributed by atoms with Gasteiger partial charge < -0.3 is 9.47 Å². The van der Waals surface area contributed by atoms with Crippen molar-refractivity contribution in [2.75, 3.05) is 7.11 Å². The van der Waals surface area contributed by atoms with Crippen LogP contribution in [0, 0.1) is 0 Å². The molecule has 1 aromatic carbocycles. The summed E-state index contributed by atoms with van der Waals surface area (Å²) in [5.74, 6) is -0.587. The van der Waals surface area contributed by atoms with E-state index in [-0.39, 0.29) is 6.61 Å². The third-order valence-corrected chi connectivity index (χ3v) is 2.27. The monoisotopic (exact) mass is 228 g/mol. The smallest absolute Gasteiger partial charge is 0.354 e. The van der Waals surface area contributed by atoms with Gasteiger partial charge in [0.15, 0.2) is 0 Å². The molecule has 0 amide bonds. The summed E-state index contributed by atoms with van der Waals surface area (Å²) in [7, 11) is 1.36. The fourth-order valence-corrected chi connectivity index (χ4v) is 0.990. The first-order valence-electron chi connectivity index (χ1n) is 4.51. The zero-order valence-electron chi connectivity index (χ0n) is 8.70. The van der Waals surface area contributed by atoms with E-state index < -0.39 is 11.0 Å². The summed E-state index contributed by atoms with van der Waals surface area (Å²) in [6.07, 6.45) is 0. The number of ether oxygens (including phenoxy) is 2. The number of benzene rings is 1. The second-order valence-electron chi connectivity index (χ2n) is 3.18. The summed E-state index contributed by atoms with van der Waals surface area (Å²) < 4.78 is 9.77. The molecule has 4 heteroatoms. The van der Waals surface area contributed by atoms with Gasteiger partial charge in [0.2, 0.25) is 5.06 Å². The number of hydrogen-bond donors (Lipinski definition) is 0. The molecule has 0 spiro atoms. The molecular weight excluding hydrogens is 216 g/mol. The largest absolute Gasteiger partial charge is 0.458 e. The highest BCUT2D eigenvalue weighted by atomic mass is 35.5. The van der Waals surface area contributed by atoms with E-state index in [9.17, 15) is 4.79 Å². The fourth-order valence-electron chi connectivity index (χ4n) is 0.935. The molecule has 0 fully saturated rings. The van der Waals surface area contributed by atoms with Gasteiger partial charge in [0.25, 0.3) is 0 Å². The van der Waals surface area contributed by atoms with Gasteiger partial charge in [-0.3, -0.25) is 0 Å². The lowest BCUT2D eigenvalue weighted by atomic mass is 10.2. The van der Waals surface area contributed by atoms with Crippen molar-refractivity contribution >= 4 is 17.6 Å². The van der Waals surface area contributed by atoms with Gasteiger partial charge in [0.1, 0.15) is 6.61 Å². The molecule has 1 unspecified atom stereocenters. The Hall–Kier alpha value is -1.06. The van der Waals surface area contributed by atoms with Crippen molar-refractivity contribution in [1.29, 1.82) is 0 Å². The Bertz CT molecular complexity index is 322. The average molecular weight is 229 g/mol. The van der Waals surface area contributed by atoms with Gasteiger partial charge >= 0.3 is 5.97 Å². The molecule has 15 heavy (non-hydrogen) atoms. The van der Waals surface area contributed by atoms with E-state index >= 15 is 0 Å². The van der Waals surface area contributed by atoms with Gasteiger partial charge in [0, 0.05) is 7.11 Å². The quantitative estimate of drug-likeness (QED) is 0.586. The first-order chi connectivity index (χ1) is 7.06. The highest BCUT2D eigenvalue weighted by molar-refractivity contribution is 6.32. The third-order valence-electron chi connectivity index (χ3n) is 1.96. The highest BCUT2D eigenvalue weighted by Crippen LogP contribution is 2.17. The maximum Gasteiger partial charge on any atom is 0.354 e. The molecule has 1 atom stereocenters. The molecule has 0 heterocycles. The first-order valence-corrected chi connectivity index (χ1v) is 4.89. The van der Waals surface area contributed by atoms with Gasteiger partial charge in [-0.05, 0) is 12.5 Å². The number of hydrogen-bond acceptors (Lipinski definition) is 3. The number of carbonyl (C=O) groups excluding carboxylic acids is 1. The van der Waals surface area contributed by atoms with Crippen LogP contribution in [0.25, 0.3) is 0 Å². The lowest BCUT2D eigenvalue weighted by Gasteiger charge is -2.17. The Labute approximate surface area is 93.9 Å². The SMILES string of the molecule is COC(C)(Cl)C(=O)OCc1ccccc1. The van der Waals surface area contributed by atoms with Crippen LogP contribution < -0.4 is 0 Å². The molecule has 0 saturated heterocycles. The molecule has 0 aromatic heterocycles. The van der Waals surface area contributed by atoms with Crippen molar-refractivity contribution in [2.24, 2.45) is 0 Å². The minimum Gasteiger partial charge on any atom is -0.458 e. The van der Waals surface area contributed by atoms with E-state index in [1.807, 2.05) is 30.3 Å². The summed E-state index contributed by atoms with van der Waals surface area (Å²) in [4.78, 5) is 11.4. The molecule has 1 rings (SSSR count). The van der Waals surface area contributed by atoms with Crippen LogP contribution in [0.2, 0.25) is 0 Å². The Balaban J connectivity index is 2.48.